The molecule has 0 bridgehead atoms. The third kappa shape index (κ3) is 11.1. The zero-order valence-corrected chi connectivity index (χ0v) is 50.4. The Labute approximate surface area is 502 Å². The zero-order chi connectivity index (χ0) is 62.7. The number of carbonyl (C=O) groups excluding carboxylic acids is 3. The number of allylic oxidation sites excluding steroid dienone is 8. The average Bonchev–Trinajstić information content (AvgIpc) is 1.62. The fourth-order valence-electron chi connectivity index (χ4n) is 17.9. The lowest BCUT2D eigenvalue weighted by atomic mass is 9.50. The van der Waals surface area contributed by atoms with Gasteiger partial charge < -0.3 is 25.2 Å². The van der Waals surface area contributed by atoms with E-state index in [0.717, 1.165) is 88.4 Å². The van der Waals surface area contributed by atoms with Crippen LogP contribution in [0.3, 0.4) is 0 Å². The first-order valence-electron chi connectivity index (χ1n) is 31.3. The van der Waals surface area contributed by atoms with E-state index in [1.165, 1.54) is 13.8 Å². The zero-order valence-electron chi connectivity index (χ0n) is 50.4. The lowest BCUT2D eigenvalue weighted by molar-refractivity contribution is -0.362. The summed E-state index contributed by atoms with van der Waals surface area (Å²) in [5, 5.41) is 26.2. The smallest absolute Gasteiger partial charge is 0.444 e. The van der Waals surface area contributed by atoms with E-state index >= 15 is 17.6 Å². The summed E-state index contributed by atoms with van der Waals surface area (Å²) in [4.78, 5) is 43.3. The number of benzene rings is 2. The van der Waals surface area contributed by atoms with Gasteiger partial charge in [0.15, 0.2) is 11.6 Å². The van der Waals surface area contributed by atoms with Gasteiger partial charge in [-0.3, -0.25) is 19.4 Å². The standard InChI is InChI=1S/C36H45F5N2O4.C31H37F5N2O2/c1-32(2,3)47-31(45)43-17-15-42(16-18-43)21-22-5-7-23(8-6-22)28-20-33(4)29(13-14-34(33,46)35(37,38)36(39,40)41)27-11-9-24-19-25(44)10-12-26(24)30(27)28;1-28-17-25(20-4-2-19(3-5-20)18-38-14-12-37-13-15-38)27-23-9-7-22(39)16-21(23)6-8-24(27)26(28)10-11-29(28,40)30(32,33)31(34,35)36/h5-8,19,27-29,46H,9-18,20-21H2,1-4H3;2-5,16,24-26,37,40H,6-15,17-18H2,1H3/t27?,28-,29?,33+,34+;24?,25-,26?,28+,29+/m11/s1. The third-order valence-electron chi connectivity index (χ3n) is 22.3. The Morgan fingerprint density at radius 3 is 1.33 bits per heavy atom. The number of hydrogen-bond donors (Lipinski definition) is 3. The first kappa shape index (κ1) is 63.7. The SMILES string of the molecule is CC(C)(C)OC(=O)N1CCN(Cc2ccc([C@H]3C[C@@]4(C)C(CC[C@@]4(O)C(F)(F)C(F)(F)F)C4CCC5=CC(=O)CCC5=C43)cc2)CC1.C[C@]12C[C@H](c3ccc(CN4CCNCC4)cc3)C3=C4CCC(=O)C=C4CCC3C1CC[C@@]2(O)C(F)(F)C(F)(F)F. The first-order chi connectivity index (χ1) is 40.7. The van der Waals surface area contributed by atoms with E-state index in [9.17, 15) is 50.9 Å². The van der Waals surface area contributed by atoms with Gasteiger partial charge in [-0.25, -0.2) is 4.79 Å². The van der Waals surface area contributed by atoms with Crippen molar-refractivity contribution in [2.24, 2.45) is 34.5 Å². The molecule has 2 heterocycles. The van der Waals surface area contributed by atoms with Gasteiger partial charge in [0.25, 0.3) is 0 Å². The second-order valence-corrected chi connectivity index (χ2v) is 28.2. The monoisotopic (exact) mass is 1230 g/mol. The number of aliphatic hydroxyl groups is 2. The van der Waals surface area contributed by atoms with Crippen molar-refractivity contribution < 1.29 is 73.2 Å². The molecule has 0 aromatic heterocycles. The van der Waals surface area contributed by atoms with Crippen molar-refractivity contribution in [2.75, 3.05) is 52.4 Å². The van der Waals surface area contributed by atoms with Crippen molar-refractivity contribution in [3.63, 3.8) is 0 Å². The highest BCUT2D eigenvalue weighted by Gasteiger charge is 2.80. The van der Waals surface area contributed by atoms with Crippen LogP contribution in [0.4, 0.5) is 48.7 Å². The fourth-order valence-corrected chi connectivity index (χ4v) is 17.9. The number of alkyl halides is 10. The number of nitrogens with one attached hydrogen (secondary N) is 1. The number of nitrogens with zero attached hydrogens (tertiary/aromatic N) is 3. The first-order valence-corrected chi connectivity index (χ1v) is 31.3. The lowest BCUT2D eigenvalue weighted by Gasteiger charge is -2.56. The largest absolute Gasteiger partial charge is 0.456 e. The topological polar surface area (TPSA) is 123 Å². The molecule has 2 aliphatic heterocycles. The van der Waals surface area contributed by atoms with E-state index in [2.05, 4.69) is 15.1 Å². The number of hydrogen-bond acceptors (Lipinski definition) is 9. The predicted octanol–water partition coefficient (Wildman–Crippen LogP) is 13.5. The molecule has 12 rings (SSSR count). The molecule has 20 heteroatoms. The van der Waals surface area contributed by atoms with Crippen LogP contribution in [0.1, 0.15) is 159 Å². The minimum absolute atomic E-state index is 0.00748. The molecule has 3 N–H and O–H groups in total. The maximum Gasteiger partial charge on any atom is 0.456 e. The Kier molecular flexibility index (Phi) is 16.7. The molecule has 0 radical (unpaired) electrons. The lowest BCUT2D eigenvalue weighted by Crippen LogP contribution is -2.65. The molecule has 10 atom stereocenters. The van der Waals surface area contributed by atoms with Crippen molar-refractivity contribution in [1.29, 1.82) is 0 Å². The maximum absolute atomic E-state index is 15.3. The van der Waals surface area contributed by atoms with Crippen LogP contribution in [0.5, 0.6) is 0 Å². The fraction of sp³-hybridized carbons (Fsp3) is 0.657. The van der Waals surface area contributed by atoms with Crippen LogP contribution in [-0.2, 0) is 27.4 Å². The Hall–Kier alpha value is -4.89. The number of piperazine rings is 2. The Bertz CT molecular complexity index is 3120. The molecule has 6 fully saturated rings. The van der Waals surface area contributed by atoms with Crippen LogP contribution in [0, 0.1) is 34.5 Å². The van der Waals surface area contributed by atoms with E-state index in [-0.39, 0.29) is 55.2 Å². The second kappa shape index (κ2) is 22.8. The van der Waals surface area contributed by atoms with Gasteiger partial charge in [-0.2, -0.15) is 43.9 Å². The van der Waals surface area contributed by atoms with E-state index in [4.69, 9.17) is 4.74 Å². The van der Waals surface area contributed by atoms with E-state index in [1.54, 1.807) is 17.1 Å². The van der Waals surface area contributed by atoms with Crippen molar-refractivity contribution in [1.82, 2.24) is 20.0 Å². The van der Waals surface area contributed by atoms with E-state index < -0.39 is 88.3 Å². The van der Waals surface area contributed by atoms with Crippen LogP contribution in [0.15, 0.2) is 94.1 Å². The second-order valence-electron chi connectivity index (χ2n) is 28.2. The van der Waals surface area contributed by atoms with Crippen molar-refractivity contribution >= 4 is 17.7 Å². The minimum Gasteiger partial charge on any atom is -0.444 e. The van der Waals surface area contributed by atoms with Gasteiger partial charge in [-0.15, -0.1) is 0 Å². The summed E-state index contributed by atoms with van der Waals surface area (Å²) in [6.07, 6.45) is -5.55. The van der Waals surface area contributed by atoms with Crippen molar-refractivity contribution in [3.8, 4) is 0 Å². The van der Waals surface area contributed by atoms with Gasteiger partial charge in [-0.1, -0.05) is 73.5 Å². The molecule has 8 aliphatic carbocycles. The molecule has 2 aromatic rings. The summed E-state index contributed by atoms with van der Waals surface area (Å²) in [5.74, 6) is -12.7. The van der Waals surface area contributed by atoms with Crippen LogP contribution < -0.4 is 5.32 Å². The van der Waals surface area contributed by atoms with Gasteiger partial charge in [-0.05, 0) is 178 Å². The highest BCUT2D eigenvalue weighted by Crippen LogP contribution is 2.72. The maximum atomic E-state index is 15.3. The van der Waals surface area contributed by atoms with E-state index in [0.29, 0.717) is 84.1 Å². The molecule has 4 unspecified atom stereocenters. The Morgan fingerprint density at radius 2 is 0.954 bits per heavy atom. The molecule has 10 aliphatic rings. The number of carbonyl (C=O) groups is 3. The number of halogens is 10. The minimum atomic E-state index is -5.87. The van der Waals surface area contributed by atoms with E-state index in [1.807, 2.05) is 69.3 Å². The summed E-state index contributed by atoms with van der Waals surface area (Å²) in [6, 6.07) is 15.8. The van der Waals surface area contributed by atoms with Gasteiger partial charge in [0.05, 0.1) is 0 Å². The molecular formula is C67H82F10N4O6. The molecular weight excluding hydrogens is 1150 g/mol. The third-order valence-corrected chi connectivity index (χ3v) is 22.3. The molecule has 2 aromatic carbocycles. The average molecular weight is 1230 g/mol. The summed E-state index contributed by atoms with van der Waals surface area (Å²) in [6.45, 7) is 16.0. The summed E-state index contributed by atoms with van der Waals surface area (Å²) >= 11 is 0. The summed E-state index contributed by atoms with van der Waals surface area (Å²) in [7, 11) is 0. The quantitative estimate of drug-likeness (QED) is 0.222. The highest BCUT2D eigenvalue weighted by atomic mass is 19.4. The molecule has 4 saturated carbocycles. The molecule has 2 saturated heterocycles. The Morgan fingerprint density at radius 1 is 0.563 bits per heavy atom. The van der Waals surface area contributed by atoms with Crippen LogP contribution >= 0.6 is 0 Å². The van der Waals surface area contributed by atoms with Crippen molar-refractivity contribution in [3.05, 3.63) is 116 Å². The predicted molar refractivity (Wildman–Crippen MR) is 307 cm³/mol. The molecule has 1 amide bonds. The Balaban J connectivity index is 0.000000182. The number of amides is 1. The van der Waals surface area contributed by atoms with Crippen LogP contribution in [0.25, 0.3) is 0 Å². The van der Waals surface area contributed by atoms with Gasteiger partial charge in [0.2, 0.25) is 0 Å². The van der Waals surface area contributed by atoms with Gasteiger partial charge in [0.1, 0.15) is 16.8 Å². The van der Waals surface area contributed by atoms with Crippen LogP contribution in [-0.4, -0.2) is 136 Å². The van der Waals surface area contributed by atoms with Gasteiger partial charge in [0, 0.05) is 101 Å². The number of ether oxygens (including phenoxy) is 1. The number of rotatable bonds is 8. The molecule has 476 valence electrons. The summed E-state index contributed by atoms with van der Waals surface area (Å²) < 4.78 is 149. The normalized spacial score (nSPS) is 33.5. The number of fused-ring (bicyclic) bond motifs is 8. The van der Waals surface area contributed by atoms with Gasteiger partial charge >= 0.3 is 30.3 Å². The highest BCUT2D eigenvalue weighted by molar-refractivity contribution is 5.93. The number of ketones is 2. The molecule has 0 spiro atoms. The molecule has 10 nitrogen and oxygen atoms in total. The van der Waals surface area contributed by atoms with Crippen molar-refractivity contribution in [2.45, 2.75) is 190 Å². The molecule has 87 heavy (non-hydrogen) atoms. The summed E-state index contributed by atoms with van der Waals surface area (Å²) in [5.41, 5.74) is -0.211. The van der Waals surface area contributed by atoms with Crippen LogP contribution in [0.2, 0.25) is 0 Å².